The van der Waals surface area contributed by atoms with E-state index in [-0.39, 0.29) is 11.9 Å². The van der Waals surface area contributed by atoms with Gasteiger partial charge in [-0.05, 0) is 26.2 Å². The number of aromatic nitrogens is 1. The molecule has 1 aromatic heterocycles. The first-order valence-corrected chi connectivity index (χ1v) is 6.87. The highest BCUT2D eigenvalue weighted by molar-refractivity contribution is 7.11. The molecule has 4 nitrogen and oxygen atoms in total. The Balaban J connectivity index is 2.20. The average Bonchev–Trinajstić information content (AvgIpc) is 2.68. The van der Waals surface area contributed by atoms with Gasteiger partial charge < -0.3 is 10.6 Å². The van der Waals surface area contributed by atoms with Crippen LogP contribution in [0.2, 0.25) is 0 Å². The Hall–Kier alpha value is -0.940. The van der Waals surface area contributed by atoms with E-state index in [0.717, 1.165) is 24.3 Å². The van der Waals surface area contributed by atoms with E-state index in [4.69, 9.17) is 5.73 Å². The lowest BCUT2D eigenvalue weighted by molar-refractivity contribution is -0.132. The van der Waals surface area contributed by atoms with Crippen LogP contribution in [0, 0.1) is 6.92 Å². The third-order valence-corrected chi connectivity index (χ3v) is 4.36. The fourth-order valence-electron chi connectivity index (χ4n) is 2.36. The zero-order valence-electron chi connectivity index (χ0n) is 10.4. The van der Waals surface area contributed by atoms with Crippen LogP contribution in [0.4, 0.5) is 0 Å². The van der Waals surface area contributed by atoms with E-state index in [1.807, 2.05) is 18.9 Å². The number of fused-ring (bicyclic) bond motifs is 1. The van der Waals surface area contributed by atoms with Gasteiger partial charge in [0.25, 0.3) is 0 Å². The molecule has 1 heterocycles. The second-order valence-corrected chi connectivity index (χ2v) is 5.73. The summed E-state index contributed by atoms with van der Waals surface area (Å²) in [6, 6.07) is 0.212. The maximum absolute atomic E-state index is 11.9. The Morgan fingerprint density at radius 1 is 1.65 bits per heavy atom. The number of nitrogens with two attached hydrogens (primary N) is 1. The predicted octanol–water partition coefficient (Wildman–Crippen LogP) is 1.64. The average molecular weight is 253 g/mol. The number of nitrogens with zero attached hydrogens (tertiary/aromatic N) is 2. The van der Waals surface area contributed by atoms with Crippen molar-refractivity contribution in [1.82, 2.24) is 9.88 Å². The van der Waals surface area contributed by atoms with Crippen molar-refractivity contribution < 1.29 is 4.79 Å². The highest BCUT2D eigenvalue weighted by atomic mass is 32.1. The molecule has 0 fully saturated rings. The minimum atomic E-state index is 0.136. The first-order valence-electron chi connectivity index (χ1n) is 6.05. The summed E-state index contributed by atoms with van der Waals surface area (Å²) < 4.78 is 0. The molecule has 5 heteroatoms. The van der Waals surface area contributed by atoms with E-state index in [2.05, 4.69) is 4.98 Å². The van der Waals surface area contributed by atoms with Crippen molar-refractivity contribution in [3.05, 3.63) is 15.6 Å². The van der Waals surface area contributed by atoms with E-state index >= 15 is 0 Å². The van der Waals surface area contributed by atoms with E-state index < -0.39 is 0 Å². The summed E-state index contributed by atoms with van der Waals surface area (Å²) in [7, 11) is 1.88. The molecule has 0 saturated carbocycles. The summed E-state index contributed by atoms with van der Waals surface area (Å²) in [6.45, 7) is 2.45. The summed E-state index contributed by atoms with van der Waals surface area (Å²) >= 11 is 1.73. The Morgan fingerprint density at radius 2 is 2.41 bits per heavy atom. The van der Waals surface area contributed by atoms with Gasteiger partial charge in [0.15, 0.2) is 0 Å². The zero-order chi connectivity index (χ0) is 12.4. The van der Waals surface area contributed by atoms with Crippen molar-refractivity contribution in [2.24, 2.45) is 5.73 Å². The monoisotopic (exact) mass is 253 g/mol. The molecule has 1 aliphatic rings. The molecule has 1 unspecified atom stereocenters. The fourth-order valence-corrected chi connectivity index (χ4v) is 3.51. The van der Waals surface area contributed by atoms with Gasteiger partial charge in [0.1, 0.15) is 0 Å². The number of carbonyl (C=O) groups is 1. The Labute approximate surface area is 106 Å². The maximum Gasteiger partial charge on any atom is 0.224 e. The topological polar surface area (TPSA) is 59.2 Å². The second-order valence-electron chi connectivity index (χ2n) is 4.50. The molecule has 17 heavy (non-hydrogen) atoms. The molecule has 0 spiro atoms. The summed E-state index contributed by atoms with van der Waals surface area (Å²) in [4.78, 5) is 19.6. The molecular formula is C12H19N3OS. The smallest absolute Gasteiger partial charge is 0.224 e. The van der Waals surface area contributed by atoms with E-state index in [1.54, 1.807) is 11.3 Å². The molecule has 0 aromatic carbocycles. The molecule has 2 N–H and O–H groups in total. The van der Waals surface area contributed by atoms with E-state index in [1.165, 1.54) is 10.6 Å². The van der Waals surface area contributed by atoms with Crippen molar-refractivity contribution in [1.29, 1.82) is 0 Å². The van der Waals surface area contributed by atoms with Crippen LogP contribution in [-0.2, 0) is 11.2 Å². The van der Waals surface area contributed by atoms with Gasteiger partial charge in [-0.2, -0.15) is 0 Å². The van der Waals surface area contributed by atoms with Gasteiger partial charge in [0.05, 0.1) is 21.6 Å². The van der Waals surface area contributed by atoms with Crippen LogP contribution < -0.4 is 5.73 Å². The molecular weight excluding hydrogens is 234 g/mol. The Bertz CT molecular complexity index is 416. The summed E-state index contributed by atoms with van der Waals surface area (Å²) in [6.07, 6.45) is 3.64. The quantitative estimate of drug-likeness (QED) is 0.890. The van der Waals surface area contributed by atoms with E-state index in [0.29, 0.717) is 13.0 Å². The van der Waals surface area contributed by atoms with Gasteiger partial charge in [-0.1, -0.05) is 0 Å². The van der Waals surface area contributed by atoms with Crippen molar-refractivity contribution in [2.75, 3.05) is 13.6 Å². The number of hydrogen-bond donors (Lipinski definition) is 1. The zero-order valence-corrected chi connectivity index (χ0v) is 11.2. The number of hydrogen-bond acceptors (Lipinski definition) is 4. The third-order valence-electron chi connectivity index (χ3n) is 3.25. The minimum absolute atomic E-state index is 0.136. The SMILES string of the molecule is Cc1nc2c(s1)C(N(C)C(=O)CCN)CCC2. The number of amides is 1. The van der Waals surface area contributed by atoms with Crippen molar-refractivity contribution in [3.63, 3.8) is 0 Å². The summed E-state index contributed by atoms with van der Waals surface area (Å²) in [5.41, 5.74) is 6.63. The molecule has 0 saturated heterocycles. The fraction of sp³-hybridized carbons (Fsp3) is 0.667. The molecule has 94 valence electrons. The van der Waals surface area contributed by atoms with Gasteiger partial charge in [-0.25, -0.2) is 4.98 Å². The lowest BCUT2D eigenvalue weighted by Crippen LogP contribution is -2.33. The van der Waals surface area contributed by atoms with Gasteiger partial charge in [-0.15, -0.1) is 11.3 Å². The van der Waals surface area contributed by atoms with Crippen LogP contribution in [0.25, 0.3) is 0 Å². The molecule has 0 aliphatic heterocycles. The van der Waals surface area contributed by atoms with Gasteiger partial charge in [0, 0.05) is 20.0 Å². The van der Waals surface area contributed by atoms with Crippen LogP contribution in [0.15, 0.2) is 0 Å². The first-order chi connectivity index (χ1) is 8.13. The van der Waals surface area contributed by atoms with Gasteiger partial charge in [-0.3, -0.25) is 4.79 Å². The molecule has 1 amide bonds. The Morgan fingerprint density at radius 3 is 3.12 bits per heavy atom. The lowest BCUT2D eigenvalue weighted by Gasteiger charge is -2.30. The molecule has 1 aromatic rings. The molecule has 1 atom stereocenters. The number of carbonyl (C=O) groups excluding carboxylic acids is 1. The van der Waals surface area contributed by atoms with Crippen molar-refractivity contribution in [3.8, 4) is 0 Å². The molecule has 0 bridgehead atoms. The number of rotatable bonds is 3. The third kappa shape index (κ3) is 2.50. The molecule has 0 radical (unpaired) electrons. The minimum Gasteiger partial charge on any atom is -0.338 e. The molecule has 2 rings (SSSR count). The van der Waals surface area contributed by atoms with E-state index in [9.17, 15) is 4.79 Å². The first kappa shape index (κ1) is 12.5. The van der Waals surface area contributed by atoms with Crippen molar-refractivity contribution >= 4 is 17.2 Å². The summed E-state index contributed by atoms with van der Waals surface area (Å²) in [5.74, 6) is 0.136. The number of thiazole rings is 1. The standard InChI is InChI=1S/C12H19N3OS/c1-8-14-9-4-3-5-10(12(9)17-8)15(2)11(16)6-7-13/h10H,3-7,13H2,1-2H3. The van der Waals surface area contributed by atoms with Crippen molar-refractivity contribution in [2.45, 2.75) is 38.6 Å². The summed E-state index contributed by atoms with van der Waals surface area (Å²) in [5, 5.41) is 1.10. The lowest BCUT2D eigenvalue weighted by atomic mass is 9.97. The Kier molecular flexibility index (Phi) is 3.79. The highest BCUT2D eigenvalue weighted by Gasteiger charge is 2.28. The van der Waals surface area contributed by atoms with Crippen LogP contribution in [0.5, 0.6) is 0 Å². The normalized spacial score (nSPS) is 18.9. The molecule has 1 aliphatic carbocycles. The number of aryl methyl sites for hydroxylation is 2. The van der Waals surface area contributed by atoms with Gasteiger partial charge >= 0.3 is 0 Å². The van der Waals surface area contributed by atoms with Gasteiger partial charge in [0.2, 0.25) is 5.91 Å². The largest absolute Gasteiger partial charge is 0.338 e. The van der Waals surface area contributed by atoms with Crippen LogP contribution >= 0.6 is 11.3 Å². The maximum atomic E-state index is 11.9. The predicted molar refractivity (Wildman–Crippen MR) is 69.0 cm³/mol. The second kappa shape index (κ2) is 5.14. The van der Waals surface area contributed by atoms with Crippen LogP contribution in [0.3, 0.4) is 0 Å². The van der Waals surface area contributed by atoms with Crippen LogP contribution in [0.1, 0.15) is 40.9 Å². The van der Waals surface area contributed by atoms with Crippen LogP contribution in [-0.4, -0.2) is 29.4 Å². The highest BCUT2D eigenvalue weighted by Crippen LogP contribution is 2.37.